The third kappa shape index (κ3) is 6.09. The summed E-state index contributed by atoms with van der Waals surface area (Å²) in [6, 6.07) is -0.500. The summed E-state index contributed by atoms with van der Waals surface area (Å²) in [4.78, 5) is 42.8. The van der Waals surface area contributed by atoms with Gasteiger partial charge >= 0.3 is 12.3 Å². The predicted molar refractivity (Wildman–Crippen MR) is 118 cm³/mol. The number of fused-ring (bicyclic) bond motifs is 1. The Hall–Kier alpha value is -3.85. The Bertz CT molecular complexity index is 1300. The van der Waals surface area contributed by atoms with E-state index in [1.54, 1.807) is 0 Å². The van der Waals surface area contributed by atoms with E-state index in [9.17, 15) is 45.1 Å². The number of carboxylic acid groups (broad SMARTS) is 1. The van der Waals surface area contributed by atoms with Crippen LogP contribution in [0.4, 0.5) is 35.5 Å². The third-order valence-corrected chi connectivity index (χ3v) is 6.54. The van der Waals surface area contributed by atoms with Crippen LogP contribution < -0.4 is 5.32 Å². The fourth-order valence-electron chi connectivity index (χ4n) is 4.69. The summed E-state index contributed by atoms with van der Waals surface area (Å²) in [6.07, 6.45) is -8.96. The largest absolute Gasteiger partial charge is 0.465 e. The lowest BCUT2D eigenvalue weighted by atomic mass is 10.0. The van der Waals surface area contributed by atoms with E-state index >= 15 is 0 Å². The SMILES string of the molecule is O=C(O)N[C@@H](CC(=O)N1CCn2c(C(F)(F)F)nc(C(=O)N3CC[C@H](F)C3)c2C1)Cc1cc(F)c(F)cc1F. The molecule has 1 saturated heterocycles. The molecule has 2 aliphatic heterocycles. The van der Waals surface area contributed by atoms with E-state index in [1.807, 2.05) is 5.32 Å². The molecule has 1 fully saturated rings. The van der Waals surface area contributed by atoms with Gasteiger partial charge in [0.05, 0.1) is 18.8 Å². The van der Waals surface area contributed by atoms with Crippen LogP contribution in [0.5, 0.6) is 0 Å². The van der Waals surface area contributed by atoms with Gasteiger partial charge < -0.3 is 24.8 Å². The molecule has 2 atom stereocenters. The average Bonchev–Trinajstić information content (AvgIpc) is 3.45. The van der Waals surface area contributed by atoms with Crippen molar-refractivity contribution in [1.82, 2.24) is 24.7 Å². The molecule has 0 bridgehead atoms. The van der Waals surface area contributed by atoms with Crippen molar-refractivity contribution in [2.75, 3.05) is 19.6 Å². The number of carbonyl (C=O) groups excluding carboxylic acids is 2. The maximum atomic E-state index is 14.1. The minimum atomic E-state index is -4.92. The molecule has 2 N–H and O–H groups in total. The molecule has 3 heterocycles. The first kappa shape index (κ1) is 28.2. The number of aromatic nitrogens is 2. The first-order valence-electron chi connectivity index (χ1n) is 11.7. The van der Waals surface area contributed by atoms with Gasteiger partial charge in [-0.3, -0.25) is 9.59 Å². The first-order valence-corrected chi connectivity index (χ1v) is 11.7. The summed E-state index contributed by atoms with van der Waals surface area (Å²) in [5.41, 5.74) is -1.20. The number of alkyl halides is 4. The van der Waals surface area contributed by atoms with Crippen LogP contribution in [0.2, 0.25) is 0 Å². The normalized spacial score (nSPS) is 18.2. The van der Waals surface area contributed by atoms with Gasteiger partial charge in [-0.05, 0) is 24.5 Å². The number of nitrogens with zero attached hydrogens (tertiary/aromatic N) is 4. The highest BCUT2D eigenvalue weighted by Crippen LogP contribution is 2.33. The highest BCUT2D eigenvalue weighted by molar-refractivity contribution is 5.94. The van der Waals surface area contributed by atoms with Crippen LogP contribution >= 0.6 is 0 Å². The molecule has 0 aliphatic carbocycles. The molecule has 0 saturated carbocycles. The predicted octanol–water partition coefficient (Wildman–Crippen LogP) is 3.11. The molecule has 1 aromatic carbocycles. The Labute approximate surface area is 216 Å². The zero-order chi connectivity index (χ0) is 28.6. The van der Waals surface area contributed by atoms with Gasteiger partial charge in [-0.25, -0.2) is 27.3 Å². The topological polar surface area (TPSA) is 108 Å². The quantitative estimate of drug-likeness (QED) is 0.414. The Morgan fingerprint density at radius 1 is 1.05 bits per heavy atom. The first-order chi connectivity index (χ1) is 18.2. The van der Waals surface area contributed by atoms with Gasteiger partial charge in [0, 0.05) is 38.2 Å². The van der Waals surface area contributed by atoms with Crippen molar-refractivity contribution < 1.29 is 50.2 Å². The number of imidazole rings is 1. The molecule has 0 radical (unpaired) electrons. The average molecular weight is 565 g/mol. The van der Waals surface area contributed by atoms with Gasteiger partial charge in [-0.15, -0.1) is 0 Å². The molecule has 9 nitrogen and oxygen atoms in total. The van der Waals surface area contributed by atoms with Gasteiger partial charge in [-0.1, -0.05) is 0 Å². The number of benzene rings is 1. The van der Waals surface area contributed by atoms with Crippen molar-refractivity contribution in [2.24, 2.45) is 0 Å². The zero-order valence-corrected chi connectivity index (χ0v) is 20.1. The van der Waals surface area contributed by atoms with Crippen molar-refractivity contribution in [3.8, 4) is 0 Å². The van der Waals surface area contributed by atoms with Crippen LogP contribution in [0.15, 0.2) is 12.1 Å². The highest BCUT2D eigenvalue weighted by Gasteiger charge is 2.43. The van der Waals surface area contributed by atoms with Crippen LogP contribution in [0.25, 0.3) is 0 Å². The van der Waals surface area contributed by atoms with E-state index in [0.717, 1.165) is 14.4 Å². The maximum absolute atomic E-state index is 14.1. The smallest absolute Gasteiger partial charge is 0.449 e. The molecular weight excluding hydrogens is 543 g/mol. The lowest BCUT2D eigenvalue weighted by Gasteiger charge is -2.31. The Kier molecular flexibility index (Phi) is 7.75. The Balaban J connectivity index is 1.56. The van der Waals surface area contributed by atoms with Crippen LogP contribution in [0.3, 0.4) is 0 Å². The standard InChI is InChI=1S/C23H22F7N5O4/c24-12-1-2-34(9-12)20(37)19-17-10-33(3-4-35(17)21(32-19)23(28,29)30)18(36)7-13(31-22(38)39)5-11-6-15(26)16(27)8-14(11)25/h6,8,12-13,31H,1-5,7,9-10H2,(H,38,39)/t12-,13+/m0/s1. The third-order valence-electron chi connectivity index (χ3n) is 6.54. The number of rotatable bonds is 6. The molecule has 2 aromatic rings. The second kappa shape index (κ2) is 10.7. The molecule has 2 aliphatic rings. The van der Waals surface area contributed by atoms with Gasteiger partial charge in [0.1, 0.15) is 12.0 Å². The number of halogens is 7. The molecule has 1 aromatic heterocycles. The van der Waals surface area contributed by atoms with Crippen molar-refractivity contribution in [3.05, 3.63) is 52.4 Å². The Morgan fingerprint density at radius 2 is 1.74 bits per heavy atom. The summed E-state index contributed by atoms with van der Waals surface area (Å²) < 4.78 is 96.3. The summed E-state index contributed by atoms with van der Waals surface area (Å²) in [6.45, 7) is -1.46. The van der Waals surface area contributed by atoms with Gasteiger partial charge in [0.25, 0.3) is 5.91 Å². The molecule has 16 heteroatoms. The number of carbonyl (C=O) groups is 3. The van der Waals surface area contributed by atoms with Crippen LogP contribution in [-0.2, 0) is 30.5 Å². The lowest BCUT2D eigenvalue weighted by molar-refractivity contribution is -0.148. The van der Waals surface area contributed by atoms with Crippen molar-refractivity contribution >= 4 is 17.9 Å². The number of likely N-dealkylation sites (tertiary alicyclic amines) is 1. The molecule has 212 valence electrons. The molecule has 0 spiro atoms. The van der Waals surface area contributed by atoms with Gasteiger partial charge in [-0.2, -0.15) is 13.2 Å². The molecule has 3 amide bonds. The maximum Gasteiger partial charge on any atom is 0.449 e. The second-order valence-corrected chi connectivity index (χ2v) is 9.24. The number of nitrogens with one attached hydrogen (secondary N) is 1. The van der Waals surface area contributed by atoms with Crippen LogP contribution in [-0.4, -0.2) is 74.2 Å². The van der Waals surface area contributed by atoms with E-state index in [2.05, 4.69) is 4.98 Å². The lowest BCUT2D eigenvalue weighted by Crippen LogP contribution is -2.44. The summed E-state index contributed by atoms with van der Waals surface area (Å²) in [7, 11) is 0. The minimum absolute atomic E-state index is 0.0145. The van der Waals surface area contributed by atoms with Gasteiger partial charge in [0.15, 0.2) is 17.3 Å². The van der Waals surface area contributed by atoms with E-state index in [-0.39, 0.29) is 37.8 Å². The van der Waals surface area contributed by atoms with Crippen LogP contribution in [0.1, 0.15) is 40.4 Å². The molecular formula is C23H22F7N5O4. The summed E-state index contributed by atoms with van der Waals surface area (Å²) in [5.74, 6) is -7.03. The van der Waals surface area contributed by atoms with E-state index in [0.29, 0.717) is 6.07 Å². The minimum Gasteiger partial charge on any atom is -0.465 e. The van der Waals surface area contributed by atoms with Gasteiger partial charge in [0.2, 0.25) is 11.7 Å². The number of hydrogen-bond acceptors (Lipinski definition) is 4. The fraction of sp³-hybridized carbons (Fsp3) is 0.478. The van der Waals surface area contributed by atoms with E-state index < -0.39 is 96.8 Å². The molecule has 0 unspecified atom stereocenters. The molecule has 39 heavy (non-hydrogen) atoms. The van der Waals surface area contributed by atoms with E-state index in [1.165, 1.54) is 0 Å². The molecule has 4 rings (SSSR count). The Morgan fingerprint density at radius 3 is 2.36 bits per heavy atom. The fourth-order valence-corrected chi connectivity index (χ4v) is 4.69. The van der Waals surface area contributed by atoms with Crippen LogP contribution in [0, 0.1) is 17.5 Å². The zero-order valence-electron chi connectivity index (χ0n) is 20.1. The van der Waals surface area contributed by atoms with Crippen molar-refractivity contribution in [1.29, 1.82) is 0 Å². The van der Waals surface area contributed by atoms with Crippen molar-refractivity contribution in [2.45, 2.75) is 50.7 Å². The number of hydrogen-bond donors (Lipinski definition) is 2. The van der Waals surface area contributed by atoms with Crippen molar-refractivity contribution in [3.63, 3.8) is 0 Å². The van der Waals surface area contributed by atoms with E-state index in [4.69, 9.17) is 5.11 Å². The second-order valence-electron chi connectivity index (χ2n) is 9.24. The highest BCUT2D eigenvalue weighted by atomic mass is 19.4. The number of amides is 3. The summed E-state index contributed by atoms with van der Waals surface area (Å²) >= 11 is 0. The summed E-state index contributed by atoms with van der Waals surface area (Å²) in [5, 5.41) is 11.1. The monoisotopic (exact) mass is 565 g/mol.